The molecule has 2 aliphatic carbocycles. The minimum absolute atomic E-state index is 0.0703. The molecule has 116 valence electrons. The molecular weight excluding hydrogens is 252 g/mol. The summed E-state index contributed by atoms with van der Waals surface area (Å²) in [5, 5.41) is 3.17. The molecule has 2 rings (SSSR count). The summed E-state index contributed by atoms with van der Waals surface area (Å²) in [6, 6.07) is 0. The first-order valence-corrected chi connectivity index (χ1v) is 8.16. The third-order valence-corrected chi connectivity index (χ3v) is 5.32. The first-order chi connectivity index (χ1) is 9.60. The lowest BCUT2D eigenvalue weighted by molar-refractivity contribution is -0.128. The predicted molar refractivity (Wildman–Crippen MR) is 80.4 cm³/mol. The van der Waals surface area contributed by atoms with Gasteiger partial charge < -0.3 is 15.8 Å². The van der Waals surface area contributed by atoms with Crippen molar-refractivity contribution in [1.29, 1.82) is 0 Å². The van der Waals surface area contributed by atoms with Gasteiger partial charge in [-0.2, -0.15) is 0 Å². The third kappa shape index (κ3) is 3.73. The highest BCUT2D eigenvalue weighted by atomic mass is 16.5. The summed E-state index contributed by atoms with van der Waals surface area (Å²) in [5.74, 6) is 0.0703. The minimum Gasteiger partial charge on any atom is -0.385 e. The number of ether oxygens (including phenoxy) is 1. The minimum atomic E-state index is -0.612. The van der Waals surface area contributed by atoms with Gasteiger partial charge in [-0.3, -0.25) is 4.79 Å². The Morgan fingerprint density at radius 2 is 1.70 bits per heavy atom. The average Bonchev–Trinajstić information content (AvgIpc) is 2.93. The molecule has 2 saturated carbocycles. The van der Waals surface area contributed by atoms with Crippen molar-refractivity contribution in [3.8, 4) is 0 Å². The second kappa shape index (κ2) is 6.90. The second-order valence-corrected chi connectivity index (χ2v) is 6.85. The average molecular weight is 282 g/mol. The van der Waals surface area contributed by atoms with Crippen molar-refractivity contribution >= 4 is 5.91 Å². The maximum absolute atomic E-state index is 12.4. The fraction of sp³-hybridized carbons (Fsp3) is 0.938. The molecular formula is C16H30N2O2. The quantitative estimate of drug-likeness (QED) is 0.786. The van der Waals surface area contributed by atoms with Gasteiger partial charge in [-0.05, 0) is 37.5 Å². The molecule has 0 saturated heterocycles. The molecule has 0 heterocycles. The standard InChI is InChI=1S/C16H30N2O2/c1-20-12-11-15(7-5-6-8-15)13-18-14(19)16(17)9-3-2-4-10-16/h2-13,17H2,1H3,(H,18,19). The molecule has 0 radical (unpaired) electrons. The van der Waals surface area contributed by atoms with Crippen LogP contribution in [0, 0.1) is 5.41 Å². The molecule has 4 heteroatoms. The van der Waals surface area contributed by atoms with Crippen LogP contribution in [0.15, 0.2) is 0 Å². The smallest absolute Gasteiger partial charge is 0.240 e. The zero-order chi connectivity index (χ0) is 14.5. The number of carbonyl (C=O) groups is 1. The molecule has 0 atom stereocenters. The van der Waals surface area contributed by atoms with Gasteiger partial charge >= 0.3 is 0 Å². The number of methoxy groups -OCH3 is 1. The Morgan fingerprint density at radius 3 is 2.30 bits per heavy atom. The van der Waals surface area contributed by atoms with Gasteiger partial charge in [0.2, 0.25) is 5.91 Å². The van der Waals surface area contributed by atoms with Crippen molar-refractivity contribution in [2.75, 3.05) is 20.3 Å². The summed E-state index contributed by atoms with van der Waals surface area (Å²) < 4.78 is 5.23. The largest absolute Gasteiger partial charge is 0.385 e. The van der Waals surface area contributed by atoms with Gasteiger partial charge in [0.15, 0.2) is 0 Å². The summed E-state index contributed by atoms with van der Waals surface area (Å²) in [6.07, 6.45) is 11.0. The van der Waals surface area contributed by atoms with E-state index in [-0.39, 0.29) is 11.3 Å². The molecule has 1 amide bonds. The Labute approximate surface area is 122 Å². The van der Waals surface area contributed by atoms with Crippen molar-refractivity contribution in [2.45, 2.75) is 69.7 Å². The van der Waals surface area contributed by atoms with E-state index in [4.69, 9.17) is 10.5 Å². The topological polar surface area (TPSA) is 64.3 Å². The molecule has 0 aromatic carbocycles. The number of hydrogen-bond acceptors (Lipinski definition) is 3. The SMILES string of the molecule is COCCC1(CNC(=O)C2(N)CCCCC2)CCCC1. The van der Waals surface area contributed by atoms with Gasteiger partial charge in [0.05, 0.1) is 5.54 Å². The maximum Gasteiger partial charge on any atom is 0.240 e. The van der Waals surface area contributed by atoms with Gasteiger partial charge in [-0.1, -0.05) is 32.1 Å². The summed E-state index contributed by atoms with van der Waals surface area (Å²) in [6.45, 7) is 1.55. The molecule has 20 heavy (non-hydrogen) atoms. The summed E-state index contributed by atoms with van der Waals surface area (Å²) in [5.41, 5.74) is 5.93. The van der Waals surface area contributed by atoms with Gasteiger partial charge in [0, 0.05) is 20.3 Å². The zero-order valence-corrected chi connectivity index (χ0v) is 12.9. The van der Waals surface area contributed by atoms with E-state index in [1.165, 1.54) is 32.1 Å². The maximum atomic E-state index is 12.4. The fourth-order valence-corrected chi connectivity index (χ4v) is 3.81. The zero-order valence-electron chi connectivity index (χ0n) is 12.9. The number of hydrogen-bond donors (Lipinski definition) is 2. The number of amides is 1. The van der Waals surface area contributed by atoms with E-state index in [9.17, 15) is 4.79 Å². The summed E-state index contributed by atoms with van der Waals surface area (Å²) in [4.78, 5) is 12.4. The molecule has 0 bridgehead atoms. The van der Waals surface area contributed by atoms with Crippen molar-refractivity contribution < 1.29 is 9.53 Å². The van der Waals surface area contributed by atoms with Gasteiger partial charge in [-0.25, -0.2) is 0 Å². The van der Waals surface area contributed by atoms with Gasteiger partial charge in [0.1, 0.15) is 0 Å². The molecule has 4 nitrogen and oxygen atoms in total. The molecule has 2 aliphatic rings. The van der Waals surface area contributed by atoms with Crippen LogP contribution in [0.3, 0.4) is 0 Å². The molecule has 0 aromatic heterocycles. The first-order valence-electron chi connectivity index (χ1n) is 8.16. The van der Waals surface area contributed by atoms with Crippen LogP contribution in [0.1, 0.15) is 64.2 Å². The number of nitrogens with one attached hydrogen (secondary N) is 1. The lowest BCUT2D eigenvalue weighted by Crippen LogP contribution is -2.56. The highest BCUT2D eigenvalue weighted by Gasteiger charge is 2.38. The highest BCUT2D eigenvalue weighted by molar-refractivity contribution is 5.86. The predicted octanol–water partition coefficient (Wildman–Crippen LogP) is 2.36. The van der Waals surface area contributed by atoms with Crippen LogP contribution < -0.4 is 11.1 Å². The van der Waals surface area contributed by atoms with E-state index in [0.29, 0.717) is 0 Å². The summed E-state index contributed by atoms with van der Waals surface area (Å²) in [7, 11) is 1.75. The van der Waals surface area contributed by atoms with E-state index in [2.05, 4.69) is 5.32 Å². The Morgan fingerprint density at radius 1 is 1.10 bits per heavy atom. The first kappa shape index (κ1) is 15.8. The highest BCUT2D eigenvalue weighted by Crippen LogP contribution is 2.40. The van der Waals surface area contributed by atoms with Crippen LogP contribution in [0.4, 0.5) is 0 Å². The van der Waals surface area contributed by atoms with Crippen LogP contribution in [0.5, 0.6) is 0 Å². The second-order valence-electron chi connectivity index (χ2n) is 6.85. The van der Waals surface area contributed by atoms with Crippen molar-refractivity contribution in [3.05, 3.63) is 0 Å². The molecule has 2 fully saturated rings. The molecule has 0 aromatic rings. The lowest BCUT2D eigenvalue weighted by Gasteiger charge is -2.35. The monoisotopic (exact) mass is 282 g/mol. The van der Waals surface area contributed by atoms with E-state index in [1.807, 2.05) is 0 Å². The van der Waals surface area contributed by atoms with Crippen LogP contribution in [0.25, 0.3) is 0 Å². The van der Waals surface area contributed by atoms with Crippen molar-refractivity contribution in [2.24, 2.45) is 11.1 Å². The van der Waals surface area contributed by atoms with Crippen LogP contribution in [-0.2, 0) is 9.53 Å². The third-order valence-electron chi connectivity index (χ3n) is 5.32. The van der Waals surface area contributed by atoms with E-state index >= 15 is 0 Å². The number of carbonyl (C=O) groups excluding carboxylic acids is 1. The normalized spacial score (nSPS) is 24.5. The van der Waals surface area contributed by atoms with Crippen LogP contribution in [0.2, 0.25) is 0 Å². The van der Waals surface area contributed by atoms with E-state index < -0.39 is 5.54 Å². The Kier molecular flexibility index (Phi) is 5.44. The number of rotatable bonds is 6. The molecule has 0 unspecified atom stereocenters. The molecule has 0 spiro atoms. The van der Waals surface area contributed by atoms with Crippen molar-refractivity contribution in [3.63, 3.8) is 0 Å². The molecule has 0 aliphatic heterocycles. The Hall–Kier alpha value is -0.610. The Bertz CT molecular complexity index is 318. The van der Waals surface area contributed by atoms with E-state index in [0.717, 1.165) is 45.3 Å². The van der Waals surface area contributed by atoms with Crippen LogP contribution in [-0.4, -0.2) is 31.7 Å². The van der Waals surface area contributed by atoms with Gasteiger partial charge in [0.25, 0.3) is 0 Å². The number of nitrogens with two attached hydrogens (primary N) is 1. The lowest BCUT2D eigenvalue weighted by atomic mass is 9.80. The summed E-state index contributed by atoms with van der Waals surface area (Å²) >= 11 is 0. The van der Waals surface area contributed by atoms with E-state index in [1.54, 1.807) is 7.11 Å². The fourth-order valence-electron chi connectivity index (χ4n) is 3.81. The van der Waals surface area contributed by atoms with Crippen LogP contribution >= 0.6 is 0 Å². The Balaban J connectivity index is 1.87. The van der Waals surface area contributed by atoms with Crippen molar-refractivity contribution in [1.82, 2.24) is 5.32 Å². The van der Waals surface area contributed by atoms with Gasteiger partial charge in [-0.15, -0.1) is 0 Å². The molecule has 3 N–H and O–H groups in total.